The third kappa shape index (κ3) is 2.99. The second-order valence-corrected chi connectivity index (χ2v) is 2.92. The van der Waals surface area contributed by atoms with Crippen LogP contribution in [0.15, 0.2) is 6.07 Å². The van der Waals surface area contributed by atoms with Gasteiger partial charge in [-0.3, -0.25) is 4.79 Å². The first kappa shape index (κ1) is 12.6. The Kier molecular flexibility index (Phi) is 3.58. The van der Waals surface area contributed by atoms with Crippen LogP contribution in [0.4, 0.5) is 13.2 Å². The van der Waals surface area contributed by atoms with Gasteiger partial charge < -0.3 is 9.84 Å². The number of hydrogen-bond acceptors (Lipinski definition) is 4. The number of aldehydes is 1. The Labute approximate surface area is 92.6 Å². The van der Waals surface area contributed by atoms with Crippen molar-refractivity contribution in [2.24, 2.45) is 0 Å². The SMILES string of the molecule is O=Cc1cc(O)c(OC(F)(F)F)nc1CCl. The molecule has 0 aromatic carbocycles. The molecule has 16 heavy (non-hydrogen) atoms. The van der Waals surface area contributed by atoms with Crippen LogP contribution < -0.4 is 4.74 Å². The molecule has 1 N–H and O–H groups in total. The zero-order valence-corrected chi connectivity index (χ0v) is 8.34. The summed E-state index contributed by atoms with van der Waals surface area (Å²) in [7, 11) is 0. The number of rotatable bonds is 3. The summed E-state index contributed by atoms with van der Waals surface area (Å²) in [5.41, 5.74) is -0.198. The summed E-state index contributed by atoms with van der Waals surface area (Å²) < 4.78 is 39.0. The molecule has 1 aromatic heterocycles. The molecule has 0 amide bonds. The highest BCUT2D eigenvalue weighted by molar-refractivity contribution is 6.17. The Bertz CT molecular complexity index is 408. The van der Waals surface area contributed by atoms with E-state index < -0.39 is 18.0 Å². The molecule has 0 saturated carbocycles. The van der Waals surface area contributed by atoms with E-state index in [2.05, 4.69) is 9.72 Å². The average Bonchev–Trinajstić information content (AvgIpc) is 2.18. The van der Waals surface area contributed by atoms with Gasteiger partial charge in [-0.1, -0.05) is 0 Å². The summed E-state index contributed by atoms with van der Waals surface area (Å²) in [4.78, 5) is 13.8. The molecule has 0 spiro atoms. The number of halogens is 4. The lowest BCUT2D eigenvalue weighted by Gasteiger charge is -2.10. The van der Waals surface area contributed by atoms with E-state index in [-0.39, 0.29) is 17.1 Å². The van der Waals surface area contributed by atoms with Crippen LogP contribution in [-0.4, -0.2) is 22.7 Å². The molecule has 88 valence electrons. The van der Waals surface area contributed by atoms with Crippen LogP contribution in [0.5, 0.6) is 11.6 Å². The third-order valence-electron chi connectivity index (χ3n) is 1.55. The normalized spacial score (nSPS) is 11.2. The van der Waals surface area contributed by atoms with E-state index in [1.54, 1.807) is 0 Å². The van der Waals surface area contributed by atoms with Crippen molar-refractivity contribution < 1.29 is 27.8 Å². The molecule has 0 aliphatic rings. The molecule has 1 heterocycles. The van der Waals surface area contributed by atoms with Crippen LogP contribution in [-0.2, 0) is 5.88 Å². The van der Waals surface area contributed by atoms with Gasteiger partial charge in [0.1, 0.15) is 0 Å². The highest BCUT2D eigenvalue weighted by Crippen LogP contribution is 2.30. The summed E-state index contributed by atoms with van der Waals surface area (Å²) in [6.07, 6.45) is -4.65. The van der Waals surface area contributed by atoms with Crippen LogP contribution in [0, 0.1) is 0 Å². The zero-order chi connectivity index (χ0) is 12.3. The number of nitrogens with zero attached hydrogens (tertiary/aromatic N) is 1. The first-order valence-electron chi connectivity index (χ1n) is 3.87. The Morgan fingerprint density at radius 3 is 2.62 bits per heavy atom. The molecular weight excluding hydrogens is 251 g/mol. The lowest BCUT2D eigenvalue weighted by Crippen LogP contribution is -2.18. The number of pyridine rings is 1. The Balaban J connectivity index is 3.16. The van der Waals surface area contributed by atoms with Gasteiger partial charge in [0, 0.05) is 5.56 Å². The minimum atomic E-state index is -4.98. The molecule has 0 aliphatic heterocycles. The molecule has 1 rings (SSSR count). The lowest BCUT2D eigenvalue weighted by atomic mass is 10.2. The van der Waals surface area contributed by atoms with Crippen LogP contribution in [0.1, 0.15) is 16.1 Å². The van der Waals surface area contributed by atoms with Gasteiger partial charge in [0.05, 0.1) is 11.6 Å². The zero-order valence-electron chi connectivity index (χ0n) is 7.58. The Hall–Kier alpha value is -1.50. The van der Waals surface area contributed by atoms with Crippen LogP contribution >= 0.6 is 11.6 Å². The predicted octanol–water partition coefficient (Wildman–Crippen LogP) is 2.24. The van der Waals surface area contributed by atoms with Crippen molar-refractivity contribution in [2.45, 2.75) is 12.2 Å². The summed E-state index contributed by atoms with van der Waals surface area (Å²) in [6, 6.07) is 0.804. The molecule has 1 aromatic rings. The van der Waals surface area contributed by atoms with Gasteiger partial charge in [-0.05, 0) is 6.07 Å². The van der Waals surface area contributed by atoms with Crippen molar-refractivity contribution in [1.29, 1.82) is 0 Å². The molecule has 0 fully saturated rings. The van der Waals surface area contributed by atoms with Crippen molar-refractivity contribution >= 4 is 17.9 Å². The number of ether oxygens (including phenoxy) is 1. The highest BCUT2D eigenvalue weighted by atomic mass is 35.5. The highest BCUT2D eigenvalue weighted by Gasteiger charge is 2.33. The fourth-order valence-electron chi connectivity index (χ4n) is 0.931. The topological polar surface area (TPSA) is 59.4 Å². The smallest absolute Gasteiger partial charge is 0.503 e. The number of aromatic hydroxyl groups is 1. The monoisotopic (exact) mass is 255 g/mol. The quantitative estimate of drug-likeness (QED) is 0.665. The van der Waals surface area contributed by atoms with E-state index in [4.69, 9.17) is 16.7 Å². The van der Waals surface area contributed by atoms with E-state index in [1.807, 2.05) is 0 Å². The van der Waals surface area contributed by atoms with Crippen LogP contribution in [0.3, 0.4) is 0 Å². The van der Waals surface area contributed by atoms with E-state index >= 15 is 0 Å². The van der Waals surface area contributed by atoms with Gasteiger partial charge in [-0.15, -0.1) is 24.8 Å². The van der Waals surface area contributed by atoms with Crippen molar-refractivity contribution in [3.05, 3.63) is 17.3 Å². The molecule has 0 saturated heterocycles. The Morgan fingerprint density at radius 1 is 1.56 bits per heavy atom. The van der Waals surface area contributed by atoms with Crippen molar-refractivity contribution in [3.63, 3.8) is 0 Å². The summed E-state index contributed by atoms with van der Waals surface area (Å²) in [5.74, 6) is -2.19. The van der Waals surface area contributed by atoms with Gasteiger partial charge >= 0.3 is 6.36 Å². The fourth-order valence-corrected chi connectivity index (χ4v) is 1.14. The average molecular weight is 256 g/mol. The molecule has 0 unspecified atom stereocenters. The Morgan fingerprint density at radius 2 is 2.19 bits per heavy atom. The van der Waals surface area contributed by atoms with E-state index in [1.165, 1.54) is 0 Å². The molecule has 0 radical (unpaired) electrons. The molecular formula is C8H5ClF3NO3. The summed E-state index contributed by atoms with van der Waals surface area (Å²) in [5, 5.41) is 9.12. The maximum absolute atomic E-state index is 11.9. The fraction of sp³-hybridized carbons (Fsp3) is 0.250. The molecule has 8 heteroatoms. The molecule has 0 aliphatic carbocycles. The predicted molar refractivity (Wildman–Crippen MR) is 47.5 cm³/mol. The van der Waals surface area contributed by atoms with Gasteiger partial charge in [-0.25, -0.2) is 4.98 Å². The minimum Gasteiger partial charge on any atom is -0.503 e. The first-order chi connectivity index (χ1) is 7.37. The number of carbonyl (C=O) groups is 1. The summed E-state index contributed by atoms with van der Waals surface area (Å²) >= 11 is 5.37. The number of aromatic nitrogens is 1. The maximum Gasteiger partial charge on any atom is 0.574 e. The first-order valence-corrected chi connectivity index (χ1v) is 4.40. The van der Waals surface area contributed by atoms with E-state index in [0.717, 1.165) is 6.07 Å². The van der Waals surface area contributed by atoms with Gasteiger partial charge in [0.2, 0.25) is 0 Å². The number of carbonyl (C=O) groups excluding carboxylic acids is 1. The largest absolute Gasteiger partial charge is 0.574 e. The molecule has 0 atom stereocenters. The second kappa shape index (κ2) is 4.56. The standard InChI is InChI=1S/C8H5ClF3NO3/c9-2-5-4(3-14)1-6(15)7(13-5)16-8(10,11)12/h1,3,15H,2H2. The van der Waals surface area contributed by atoms with Gasteiger partial charge in [0.25, 0.3) is 5.88 Å². The van der Waals surface area contributed by atoms with E-state index in [0.29, 0.717) is 6.29 Å². The third-order valence-corrected chi connectivity index (χ3v) is 1.80. The van der Waals surface area contributed by atoms with Crippen LogP contribution in [0.2, 0.25) is 0 Å². The van der Waals surface area contributed by atoms with Crippen molar-refractivity contribution in [2.75, 3.05) is 0 Å². The number of hydrogen-bond donors (Lipinski definition) is 1. The lowest BCUT2D eigenvalue weighted by molar-refractivity contribution is -0.276. The molecule has 0 bridgehead atoms. The van der Waals surface area contributed by atoms with Crippen LogP contribution in [0.25, 0.3) is 0 Å². The van der Waals surface area contributed by atoms with E-state index in [9.17, 15) is 18.0 Å². The second-order valence-electron chi connectivity index (χ2n) is 2.65. The number of alkyl halides is 4. The van der Waals surface area contributed by atoms with Crippen molar-refractivity contribution in [1.82, 2.24) is 4.98 Å². The minimum absolute atomic E-state index is 0.0953. The van der Waals surface area contributed by atoms with Gasteiger partial charge in [0.15, 0.2) is 12.0 Å². The summed E-state index contributed by atoms with van der Waals surface area (Å²) in [6.45, 7) is 0. The molecule has 4 nitrogen and oxygen atoms in total. The maximum atomic E-state index is 11.9. The van der Waals surface area contributed by atoms with Gasteiger partial charge in [-0.2, -0.15) is 0 Å². The van der Waals surface area contributed by atoms with Crippen molar-refractivity contribution in [3.8, 4) is 11.6 Å².